The molecule has 0 bridgehead atoms. The van der Waals surface area contributed by atoms with Crippen molar-refractivity contribution in [1.82, 2.24) is 0 Å². The van der Waals surface area contributed by atoms with Crippen LogP contribution in [-0.4, -0.2) is 6.04 Å². The number of halogens is 1. The first-order valence-electron chi connectivity index (χ1n) is 4.61. The highest BCUT2D eigenvalue weighted by molar-refractivity contribution is 9.10. The second-order valence-electron chi connectivity index (χ2n) is 3.64. The Hall–Kier alpha value is -0.340. The molecule has 0 aliphatic carbocycles. The van der Waals surface area contributed by atoms with Crippen molar-refractivity contribution in [3.63, 3.8) is 0 Å². The molecule has 2 heteroatoms. The van der Waals surface area contributed by atoms with E-state index in [1.165, 1.54) is 10.0 Å². The first-order chi connectivity index (χ1) is 6.11. The Bertz CT molecular complexity index is 271. The van der Waals surface area contributed by atoms with Crippen molar-refractivity contribution in [2.75, 3.05) is 0 Å². The number of hydrogen-bond acceptors (Lipinski definition) is 1. The van der Waals surface area contributed by atoms with Crippen molar-refractivity contribution in [3.05, 3.63) is 34.3 Å². The molecule has 1 aromatic rings. The molecule has 0 fully saturated rings. The first kappa shape index (κ1) is 10.7. The molecule has 0 aliphatic heterocycles. The van der Waals surface area contributed by atoms with Crippen LogP contribution in [0.25, 0.3) is 0 Å². The molecular weight excluding hydrogens is 226 g/mol. The van der Waals surface area contributed by atoms with Gasteiger partial charge in [0.2, 0.25) is 0 Å². The van der Waals surface area contributed by atoms with E-state index in [4.69, 9.17) is 5.73 Å². The monoisotopic (exact) mass is 241 g/mol. The maximum Gasteiger partial charge on any atom is 0.0210 e. The van der Waals surface area contributed by atoms with Gasteiger partial charge in [-0.1, -0.05) is 41.1 Å². The van der Waals surface area contributed by atoms with Crippen LogP contribution in [-0.2, 0) is 0 Å². The summed E-state index contributed by atoms with van der Waals surface area (Å²) >= 11 is 3.55. The van der Waals surface area contributed by atoms with Gasteiger partial charge in [-0.3, -0.25) is 0 Å². The van der Waals surface area contributed by atoms with Gasteiger partial charge in [0.25, 0.3) is 0 Å². The lowest BCUT2D eigenvalue weighted by molar-refractivity contribution is 0.584. The molecule has 13 heavy (non-hydrogen) atoms. The lowest BCUT2D eigenvalue weighted by Crippen LogP contribution is -2.17. The maximum atomic E-state index is 5.77. The van der Waals surface area contributed by atoms with E-state index in [2.05, 4.69) is 41.1 Å². The molecule has 0 spiro atoms. The van der Waals surface area contributed by atoms with E-state index in [0.717, 1.165) is 6.42 Å². The van der Waals surface area contributed by atoms with Crippen LogP contribution in [0.2, 0.25) is 0 Å². The number of rotatable bonds is 3. The van der Waals surface area contributed by atoms with Crippen molar-refractivity contribution in [3.8, 4) is 0 Å². The zero-order chi connectivity index (χ0) is 9.84. The van der Waals surface area contributed by atoms with Gasteiger partial charge < -0.3 is 5.73 Å². The van der Waals surface area contributed by atoms with Gasteiger partial charge in [-0.15, -0.1) is 0 Å². The highest BCUT2D eigenvalue weighted by Gasteiger charge is 2.10. The molecule has 0 saturated carbocycles. The van der Waals surface area contributed by atoms with E-state index in [1.807, 2.05) is 13.0 Å². The third kappa shape index (κ3) is 3.12. The van der Waals surface area contributed by atoms with Crippen LogP contribution in [0.4, 0.5) is 0 Å². The predicted octanol–water partition coefficient (Wildman–Crippen LogP) is 3.29. The molecule has 1 nitrogen and oxygen atoms in total. The minimum Gasteiger partial charge on any atom is -0.328 e. The molecule has 0 saturated heterocycles. The molecule has 72 valence electrons. The highest BCUT2D eigenvalue weighted by Crippen LogP contribution is 2.27. The van der Waals surface area contributed by atoms with E-state index in [0.29, 0.717) is 5.92 Å². The topological polar surface area (TPSA) is 26.0 Å². The van der Waals surface area contributed by atoms with Crippen LogP contribution < -0.4 is 5.73 Å². The fraction of sp³-hybridized carbons (Fsp3) is 0.455. The summed E-state index contributed by atoms with van der Waals surface area (Å²) < 4.78 is 1.18. The molecular formula is C11H16BrN. The normalized spacial score (nSPS) is 15.4. The minimum atomic E-state index is 0.266. The molecule has 1 rings (SSSR count). The zero-order valence-corrected chi connectivity index (χ0v) is 9.71. The number of benzene rings is 1. The first-order valence-corrected chi connectivity index (χ1v) is 5.40. The fourth-order valence-electron chi connectivity index (χ4n) is 1.56. The Morgan fingerprint density at radius 1 is 1.31 bits per heavy atom. The average molecular weight is 242 g/mol. The average Bonchev–Trinajstić information content (AvgIpc) is 2.03. The highest BCUT2D eigenvalue weighted by atomic mass is 79.9. The van der Waals surface area contributed by atoms with Gasteiger partial charge in [0.15, 0.2) is 0 Å². The van der Waals surface area contributed by atoms with Crippen LogP contribution in [0.3, 0.4) is 0 Å². The summed E-state index contributed by atoms with van der Waals surface area (Å²) in [5.41, 5.74) is 7.11. The summed E-state index contributed by atoms with van der Waals surface area (Å²) in [6.07, 6.45) is 1.03. The van der Waals surface area contributed by atoms with E-state index >= 15 is 0 Å². The largest absolute Gasteiger partial charge is 0.328 e. The molecule has 2 unspecified atom stereocenters. The van der Waals surface area contributed by atoms with Crippen LogP contribution in [0.1, 0.15) is 31.7 Å². The Labute approximate surface area is 88.5 Å². The Morgan fingerprint density at radius 2 is 1.92 bits per heavy atom. The van der Waals surface area contributed by atoms with Crippen LogP contribution in [0, 0.1) is 0 Å². The Balaban J connectivity index is 2.76. The quantitative estimate of drug-likeness (QED) is 0.864. The maximum absolute atomic E-state index is 5.77. The van der Waals surface area contributed by atoms with Crippen molar-refractivity contribution >= 4 is 15.9 Å². The lowest BCUT2D eigenvalue weighted by Gasteiger charge is -2.15. The van der Waals surface area contributed by atoms with Crippen molar-refractivity contribution in [2.24, 2.45) is 5.73 Å². The summed E-state index contributed by atoms with van der Waals surface area (Å²) in [6.45, 7) is 4.26. The molecule has 2 N–H and O–H groups in total. The standard InChI is InChI=1S/C11H16BrN/c1-8(7-9(2)13)10-5-3-4-6-11(10)12/h3-6,8-9H,7,13H2,1-2H3. The predicted molar refractivity (Wildman–Crippen MR) is 60.8 cm³/mol. The van der Waals surface area contributed by atoms with Crippen molar-refractivity contribution in [2.45, 2.75) is 32.2 Å². The van der Waals surface area contributed by atoms with Gasteiger partial charge >= 0.3 is 0 Å². The molecule has 1 aromatic carbocycles. The van der Waals surface area contributed by atoms with Gasteiger partial charge in [0.05, 0.1) is 0 Å². The number of nitrogens with two attached hydrogens (primary N) is 1. The molecule has 0 heterocycles. The third-order valence-corrected chi connectivity index (χ3v) is 2.88. The Kier molecular flexibility index (Phi) is 3.94. The van der Waals surface area contributed by atoms with E-state index < -0.39 is 0 Å². The van der Waals surface area contributed by atoms with Crippen molar-refractivity contribution < 1.29 is 0 Å². The van der Waals surface area contributed by atoms with Gasteiger partial charge in [0, 0.05) is 10.5 Å². The summed E-state index contributed by atoms with van der Waals surface area (Å²) in [7, 11) is 0. The molecule has 0 amide bonds. The molecule has 0 aliphatic rings. The Morgan fingerprint density at radius 3 is 2.46 bits per heavy atom. The van der Waals surface area contributed by atoms with Gasteiger partial charge in [-0.25, -0.2) is 0 Å². The van der Waals surface area contributed by atoms with E-state index in [-0.39, 0.29) is 6.04 Å². The lowest BCUT2D eigenvalue weighted by atomic mass is 9.95. The van der Waals surface area contributed by atoms with Gasteiger partial charge in [-0.05, 0) is 30.9 Å². The number of hydrogen-bond donors (Lipinski definition) is 1. The molecule has 2 atom stereocenters. The third-order valence-electron chi connectivity index (χ3n) is 2.16. The zero-order valence-electron chi connectivity index (χ0n) is 8.13. The molecule has 0 aromatic heterocycles. The summed E-state index contributed by atoms with van der Waals surface area (Å²) in [4.78, 5) is 0. The second-order valence-corrected chi connectivity index (χ2v) is 4.49. The van der Waals surface area contributed by atoms with Crippen LogP contribution in [0.15, 0.2) is 28.7 Å². The van der Waals surface area contributed by atoms with E-state index in [1.54, 1.807) is 0 Å². The fourth-order valence-corrected chi connectivity index (χ4v) is 2.23. The van der Waals surface area contributed by atoms with Gasteiger partial charge in [0.1, 0.15) is 0 Å². The molecule has 0 radical (unpaired) electrons. The SMILES string of the molecule is CC(N)CC(C)c1ccccc1Br. The van der Waals surface area contributed by atoms with E-state index in [9.17, 15) is 0 Å². The summed E-state index contributed by atoms with van der Waals surface area (Å²) in [5, 5.41) is 0. The minimum absolute atomic E-state index is 0.266. The van der Waals surface area contributed by atoms with Crippen molar-refractivity contribution in [1.29, 1.82) is 0 Å². The van der Waals surface area contributed by atoms with Crippen LogP contribution >= 0.6 is 15.9 Å². The van der Waals surface area contributed by atoms with Gasteiger partial charge in [-0.2, -0.15) is 0 Å². The second kappa shape index (κ2) is 4.77. The summed E-state index contributed by atoms with van der Waals surface area (Å²) in [6, 6.07) is 8.59. The summed E-state index contributed by atoms with van der Waals surface area (Å²) in [5.74, 6) is 0.524. The smallest absolute Gasteiger partial charge is 0.0210 e. The van der Waals surface area contributed by atoms with Crippen LogP contribution in [0.5, 0.6) is 0 Å².